The molecule has 0 spiro atoms. The number of aromatic amines is 1. The fourth-order valence-corrected chi connectivity index (χ4v) is 3.07. The van der Waals surface area contributed by atoms with Crippen LogP contribution in [0.15, 0.2) is 99.9 Å². The molecule has 0 amide bonds. The van der Waals surface area contributed by atoms with E-state index in [2.05, 4.69) is 32.1 Å². The second kappa shape index (κ2) is 6.46. The van der Waals surface area contributed by atoms with Gasteiger partial charge in [0.25, 0.3) is 5.96 Å². The van der Waals surface area contributed by atoms with Gasteiger partial charge in [0.05, 0.1) is 22.1 Å². The lowest BCUT2D eigenvalue weighted by Gasteiger charge is -2.02. The number of guanidine groups is 1. The molecule has 4 aromatic rings. The first kappa shape index (κ1) is 15.4. The number of aliphatic imine (C=N–C) groups is 1. The van der Waals surface area contributed by atoms with Crippen molar-refractivity contribution in [1.29, 1.82) is 0 Å². The van der Waals surface area contributed by atoms with Gasteiger partial charge in [0.15, 0.2) is 0 Å². The zero-order valence-corrected chi connectivity index (χ0v) is 14.4. The van der Waals surface area contributed by atoms with Gasteiger partial charge in [0.2, 0.25) is 5.95 Å². The van der Waals surface area contributed by atoms with Crippen LogP contribution in [-0.2, 0) is 0 Å². The maximum atomic E-state index is 4.72. The van der Waals surface area contributed by atoms with Crippen LogP contribution in [0.3, 0.4) is 0 Å². The highest BCUT2D eigenvalue weighted by atomic mass is 15.2. The molecule has 3 aromatic carbocycles. The SMILES string of the molecule is c1ccc(-c2nc(N=C3N=c4ccccc4=N3)[nH]c2-c2ccccc2)cc1. The Kier molecular flexibility index (Phi) is 3.68. The van der Waals surface area contributed by atoms with Gasteiger partial charge < -0.3 is 4.98 Å². The summed E-state index contributed by atoms with van der Waals surface area (Å²) >= 11 is 0. The molecule has 0 unspecified atom stereocenters. The monoisotopic (exact) mass is 349 g/mol. The fourth-order valence-electron chi connectivity index (χ4n) is 3.07. The zero-order valence-electron chi connectivity index (χ0n) is 14.4. The molecular weight excluding hydrogens is 334 g/mol. The number of benzene rings is 3. The molecule has 0 bridgehead atoms. The summed E-state index contributed by atoms with van der Waals surface area (Å²) in [5, 5.41) is 1.66. The van der Waals surface area contributed by atoms with Crippen LogP contribution in [0, 0.1) is 0 Å². The number of fused-ring (bicyclic) bond motifs is 1. The van der Waals surface area contributed by atoms with Gasteiger partial charge in [0.1, 0.15) is 0 Å². The molecule has 128 valence electrons. The van der Waals surface area contributed by atoms with E-state index in [1.165, 1.54) is 0 Å². The molecule has 2 heterocycles. The molecule has 5 rings (SSSR count). The van der Waals surface area contributed by atoms with Gasteiger partial charge in [-0.15, -0.1) is 0 Å². The maximum absolute atomic E-state index is 4.72. The van der Waals surface area contributed by atoms with Crippen molar-refractivity contribution in [3.63, 3.8) is 0 Å². The summed E-state index contributed by atoms with van der Waals surface area (Å²) in [6, 6.07) is 27.9. The van der Waals surface area contributed by atoms with Crippen molar-refractivity contribution in [2.24, 2.45) is 15.0 Å². The maximum Gasteiger partial charge on any atom is 0.253 e. The molecule has 27 heavy (non-hydrogen) atoms. The molecule has 1 aliphatic heterocycles. The summed E-state index contributed by atoms with van der Waals surface area (Å²) in [6.45, 7) is 0. The quantitative estimate of drug-likeness (QED) is 0.602. The summed E-state index contributed by atoms with van der Waals surface area (Å²) in [6.07, 6.45) is 0. The van der Waals surface area contributed by atoms with Gasteiger partial charge in [-0.25, -0.2) is 15.0 Å². The van der Waals surface area contributed by atoms with E-state index in [9.17, 15) is 0 Å². The highest BCUT2D eigenvalue weighted by Gasteiger charge is 2.14. The number of nitrogens with one attached hydrogen (secondary N) is 1. The predicted octanol–water partition coefficient (Wildman–Crippen LogP) is 3.68. The van der Waals surface area contributed by atoms with Crippen molar-refractivity contribution < 1.29 is 0 Å². The van der Waals surface area contributed by atoms with Crippen LogP contribution >= 0.6 is 0 Å². The van der Waals surface area contributed by atoms with Crippen molar-refractivity contribution in [3.8, 4) is 22.5 Å². The molecule has 0 aliphatic carbocycles. The molecule has 0 saturated carbocycles. The largest absolute Gasteiger partial charge is 0.322 e. The van der Waals surface area contributed by atoms with Crippen molar-refractivity contribution in [2.45, 2.75) is 0 Å². The molecule has 0 atom stereocenters. The fraction of sp³-hybridized carbons (Fsp3) is 0. The molecule has 5 nitrogen and oxygen atoms in total. The van der Waals surface area contributed by atoms with Crippen LogP contribution in [-0.4, -0.2) is 15.9 Å². The Hall–Kier alpha value is -3.86. The number of nitrogens with zero attached hydrogens (tertiary/aromatic N) is 4. The number of H-pyrrole nitrogens is 1. The minimum Gasteiger partial charge on any atom is -0.322 e. The predicted molar refractivity (Wildman–Crippen MR) is 105 cm³/mol. The number of rotatable bonds is 3. The van der Waals surface area contributed by atoms with E-state index in [1.54, 1.807) is 0 Å². The average molecular weight is 349 g/mol. The molecule has 1 aliphatic rings. The lowest BCUT2D eigenvalue weighted by atomic mass is 10.1. The van der Waals surface area contributed by atoms with Crippen LogP contribution in [0.4, 0.5) is 5.95 Å². The first-order valence-corrected chi connectivity index (χ1v) is 8.69. The second-order valence-electron chi connectivity index (χ2n) is 6.14. The molecule has 0 radical (unpaired) electrons. The zero-order chi connectivity index (χ0) is 18.1. The Bertz CT molecular complexity index is 1160. The normalized spacial score (nSPS) is 12.2. The van der Waals surface area contributed by atoms with Crippen LogP contribution in [0.2, 0.25) is 0 Å². The van der Waals surface area contributed by atoms with Crippen LogP contribution < -0.4 is 10.7 Å². The lowest BCUT2D eigenvalue weighted by molar-refractivity contribution is 1.22. The first-order chi connectivity index (χ1) is 13.4. The molecule has 0 fully saturated rings. The first-order valence-electron chi connectivity index (χ1n) is 8.69. The van der Waals surface area contributed by atoms with Crippen molar-refractivity contribution in [2.75, 3.05) is 0 Å². The van der Waals surface area contributed by atoms with Crippen LogP contribution in [0.5, 0.6) is 0 Å². The van der Waals surface area contributed by atoms with Crippen molar-refractivity contribution in [3.05, 3.63) is 95.6 Å². The Morgan fingerprint density at radius 3 is 1.81 bits per heavy atom. The van der Waals surface area contributed by atoms with Crippen LogP contribution in [0.1, 0.15) is 0 Å². The Morgan fingerprint density at radius 2 is 1.19 bits per heavy atom. The van der Waals surface area contributed by atoms with E-state index in [0.717, 1.165) is 33.2 Å². The topological polar surface area (TPSA) is 65.8 Å². The number of para-hydroxylation sites is 2. The van der Waals surface area contributed by atoms with Gasteiger partial charge in [-0.05, 0) is 12.1 Å². The number of hydrogen-bond acceptors (Lipinski definition) is 2. The smallest absolute Gasteiger partial charge is 0.253 e. The highest BCUT2D eigenvalue weighted by Crippen LogP contribution is 2.32. The number of aromatic nitrogens is 2. The molecule has 5 heteroatoms. The van der Waals surface area contributed by atoms with E-state index in [4.69, 9.17) is 4.98 Å². The second-order valence-corrected chi connectivity index (χ2v) is 6.14. The third kappa shape index (κ3) is 2.95. The average Bonchev–Trinajstić information content (AvgIpc) is 3.33. The van der Waals surface area contributed by atoms with Crippen molar-refractivity contribution in [1.82, 2.24) is 9.97 Å². The van der Waals surface area contributed by atoms with Crippen LogP contribution in [0.25, 0.3) is 22.5 Å². The molecule has 1 N–H and O–H groups in total. The van der Waals surface area contributed by atoms with Gasteiger partial charge in [-0.1, -0.05) is 72.8 Å². The van der Waals surface area contributed by atoms with Gasteiger partial charge in [-0.3, -0.25) is 0 Å². The number of hydrogen-bond donors (Lipinski definition) is 1. The lowest BCUT2D eigenvalue weighted by Crippen LogP contribution is -2.19. The highest BCUT2D eigenvalue weighted by molar-refractivity contribution is 5.86. The number of imidazole rings is 1. The Balaban J connectivity index is 1.64. The molecule has 1 aromatic heterocycles. The molecule has 0 saturated heterocycles. The van der Waals surface area contributed by atoms with Gasteiger partial charge in [-0.2, -0.15) is 4.99 Å². The molecular formula is C22H15N5. The summed E-state index contributed by atoms with van der Waals surface area (Å²) < 4.78 is 0. The van der Waals surface area contributed by atoms with Gasteiger partial charge in [0, 0.05) is 11.1 Å². The van der Waals surface area contributed by atoms with E-state index in [1.807, 2.05) is 72.8 Å². The summed E-state index contributed by atoms with van der Waals surface area (Å²) in [4.78, 5) is 21.5. The van der Waals surface area contributed by atoms with Crippen molar-refractivity contribution >= 4 is 11.9 Å². The summed E-state index contributed by atoms with van der Waals surface area (Å²) in [5.41, 5.74) is 3.87. The summed E-state index contributed by atoms with van der Waals surface area (Å²) in [5.74, 6) is 0.896. The van der Waals surface area contributed by atoms with E-state index < -0.39 is 0 Å². The summed E-state index contributed by atoms with van der Waals surface area (Å²) in [7, 11) is 0. The minimum atomic E-state index is 0.407. The van der Waals surface area contributed by atoms with E-state index in [0.29, 0.717) is 11.9 Å². The van der Waals surface area contributed by atoms with E-state index >= 15 is 0 Å². The third-order valence-electron chi connectivity index (χ3n) is 4.33. The standard InChI is InChI=1S/C22H15N5/c1-3-9-15(10-4-1)19-20(16-11-5-2-6-12-16)26-22(25-19)27-21-23-17-13-7-8-14-18(17)24-21/h1-14H,(H,25,26). The van der Waals surface area contributed by atoms with E-state index in [-0.39, 0.29) is 0 Å². The third-order valence-corrected chi connectivity index (χ3v) is 4.33. The Morgan fingerprint density at radius 1 is 0.630 bits per heavy atom. The Labute approximate surface area is 155 Å². The minimum absolute atomic E-state index is 0.407. The van der Waals surface area contributed by atoms with Gasteiger partial charge >= 0.3 is 0 Å².